The van der Waals surface area contributed by atoms with Crippen LogP contribution < -0.4 is 0 Å². The van der Waals surface area contributed by atoms with Gasteiger partial charge in [0.05, 0.1) is 0 Å². The summed E-state index contributed by atoms with van der Waals surface area (Å²) in [5.41, 5.74) is 0.608. The van der Waals surface area contributed by atoms with Gasteiger partial charge in [0, 0.05) is 18.1 Å². The van der Waals surface area contributed by atoms with E-state index in [1.165, 1.54) is 19.1 Å². The fourth-order valence-electron chi connectivity index (χ4n) is 1.50. The molecular formula is C11H14F2O. The molecule has 2 unspecified atom stereocenters. The van der Waals surface area contributed by atoms with Gasteiger partial charge in [0.15, 0.2) is 0 Å². The maximum Gasteiger partial charge on any atom is 0.129 e. The zero-order valence-corrected chi connectivity index (χ0v) is 8.30. The fraction of sp³-hybridized carbons (Fsp3) is 0.455. The van der Waals surface area contributed by atoms with Crippen molar-refractivity contribution in [1.29, 1.82) is 0 Å². The van der Waals surface area contributed by atoms with E-state index < -0.39 is 12.0 Å². The molecule has 0 radical (unpaired) electrons. The molecule has 1 aromatic rings. The average Bonchev–Trinajstić information content (AvgIpc) is 2.15. The van der Waals surface area contributed by atoms with Gasteiger partial charge in [-0.05, 0) is 18.6 Å². The molecule has 1 nitrogen and oxygen atoms in total. The van der Waals surface area contributed by atoms with Crippen molar-refractivity contribution < 1.29 is 13.9 Å². The van der Waals surface area contributed by atoms with E-state index in [1.54, 1.807) is 13.0 Å². The monoisotopic (exact) mass is 200 g/mol. The lowest BCUT2D eigenvalue weighted by atomic mass is 9.94. The van der Waals surface area contributed by atoms with E-state index in [1.807, 2.05) is 0 Å². The average molecular weight is 200 g/mol. The van der Waals surface area contributed by atoms with Crippen LogP contribution in [-0.4, -0.2) is 11.7 Å². The lowest BCUT2D eigenvalue weighted by Crippen LogP contribution is -2.06. The van der Waals surface area contributed by atoms with Gasteiger partial charge in [0.2, 0.25) is 0 Å². The molecule has 3 heteroatoms. The Morgan fingerprint density at radius 1 is 1.36 bits per heavy atom. The van der Waals surface area contributed by atoms with Crippen molar-refractivity contribution in [1.82, 2.24) is 0 Å². The van der Waals surface area contributed by atoms with Crippen molar-refractivity contribution in [3.63, 3.8) is 0 Å². The van der Waals surface area contributed by atoms with Gasteiger partial charge in [-0.25, -0.2) is 8.78 Å². The Labute approximate surface area is 82.4 Å². The van der Waals surface area contributed by atoms with Crippen LogP contribution in [0.1, 0.15) is 37.1 Å². The molecule has 0 bridgehead atoms. The summed E-state index contributed by atoms with van der Waals surface area (Å²) < 4.78 is 26.4. The molecule has 2 atom stereocenters. The second-order valence-electron chi connectivity index (χ2n) is 3.44. The van der Waals surface area contributed by atoms with E-state index in [9.17, 15) is 8.78 Å². The summed E-state index contributed by atoms with van der Waals surface area (Å²) >= 11 is 0. The summed E-state index contributed by atoms with van der Waals surface area (Å²) in [5.74, 6) is -0.781. The SMILES string of the molecule is CC(F)c1c(F)cccc1C(C)CO. The Morgan fingerprint density at radius 3 is 2.50 bits per heavy atom. The minimum atomic E-state index is -1.35. The molecular weight excluding hydrogens is 186 g/mol. The largest absolute Gasteiger partial charge is 0.396 e. The third-order valence-corrected chi connectivity index (χ3v) is 2.29. The maximum absolute atomic E-state index is 13.3. The Bertz CT molecular complexity index is 310. The van der Waals surface area contributed by atoms with Gasteiger partial charge in [-0.3, -0.25) is 0 Å². The first-order valence-corrected chi connectivity index (χ1v) is 4.61. The van der Waals surface area contributed by atoms with Crippen LogP contribution in [0.15, 0.2) is 18.2 Å². The third-order valence-electron chi connectivity index (χ3n) is 2.29. The molecule has 0 aromatic heterocycles. The summed E-state index contributed by atoms with van der Waals surface area (Å²) in [6.45, 7) is 2.93. The first-order valence-electron chi connectivity index (χ1n) is 4.61. The highest BCUT2D eigenvalue weighted by molar-refractivity contribution is 5.33. The summed E-state index contributed by atoms with van der Waals surface area (Å²) in [5, 5.41) is 8.94. The number of rotatable bonds is 3. The minimum absolute atomic E-state index is 0.0639. The summed E-state index contributed by atoms with van der Waals surface area (Å²) in [6.07, 6.45) is -1.35. The van der Waals surface area contributed by atoms with Crippen molar-refractivity contribution in [3.05, 3.63) is 35.1 Å². The van der Waals surface area contributed by atoms with Gasteiger partial charge in [0.25, 0.3) is 0 Å². The summed E-state index contributed by atoms with van der Waals surface area (Å²) in [6, 6.07) is 4.41. The predicted molar refractivity (Wildman–Crippen MR) is 51.4 cm³/mol. The smallest absolute Gasteiger partial charge is 0.129 e. The number of benzene rings is 1. The molecule has 0 aliphatic rings. The normalized spacial score (nSPS) is 15.2. The molecule has 1 rings (SSSR count). The van der Waals surface area contributed by atoms with Gasteiger partial charge in [-0.15, -0.1) is 0 Å². The molecule has 0 amide bonds. The second kappa shape index (κ2) is 4.51. The van der Waals surface area contributed by atoms with Gasteiger partial charge in [-0.2, -0.15) is 0 Å². The number of hydrogen-bond donors (Lipinski definition) is 1. The highest BCUT2D eigenvalue weighted by Crippen LogP contribution is 2.29. The molecule has 1 N–H and O–H groups in total. The van der Waals surface area contributed by atoms with E-state index >= 15 is 0 Å². The molecule has 0 heterocycles. The molecule has 0 saturated carbocycles. The molecule has 0 spiro atoms. The Morgan fingerprint density at radius 2 is 2.00 bits per heavy atom. The third kappa shape index (κ3) is 2.10. The van der Waals surface area contributed by atoms with Gasteiger partial charge in [0.1, 0.15) is 12.0 Å². The van der Waals surface area contributed by atoms with Gasteiger partial charge < -0.3 is 5.11 Å². The highest BCUT2D eigenvalue weighted by atomic mass is 19.1. The van der Waals surface area contributed by atoms with Crippen molar-refractivity contribution >= 4 is 0 Å². The number of aliphatic hydroxyl groups is 1. The first-order chi connectivity index (χ1) is 6.57. The minimum Gasteiger partial charge on any atom is -0.396 e. The maximum atomic E-state index is 13.3. The van der Waals surface area contributed by atoms with Crippen LogP contribution >= 0.6 is 0 Å². The molecule has 0 saturated heterocycles. The highest BCUT2D eigenvalue weighted by Gasteiger charge is 2.17. The molecule has 14 heavy (non-hydrogen) atoms. The van der Waals surface area contributed by atoms with E-state index in [0.717, 1.165) is 0 Å². The Balaban J connectivity index is 3.21. The van der Waals surface area contributed by atoms with Crippen LogP contribution in [0, 0.1) is 5.82 Å². The number of hydrogen-bond acceptors (Lipinski definition) is 1. The lowest BCUT2D eigenvalue weighted by molar-refractivity contribution is 0.269. The van der Waals surface area contributed by atoms with Crippen LogP contribution in [-0.2, 0) is 0 Å². The van der Waals surface area contributed by atoms with Crippen LogP contribution in [0.25, 0.3) is 0 Å². The lowest BCUT2D eigenvalue weighted by Gasteiger charge is -2.15. The van der Waals surface area contributed by atoms with Crippen molar-refractivity contribution in [3.8, 4) is 0 Å². The van der Waals surface area contributed by atoms with Crippen LogP contribution in [0.5, 0.6) is 0 Å². The predicted octanol–water partition coefficient (Wildman–Crippen LogP) is 2.95. The van der Waals surface area contributed by atoms with Crippen LogP contribution in [0.3, 0.4) is 0 Å². The summed E-state index contributed by atoms with van der Waals surface area (Å²) in [4.78, 5) is 0. The number of aliphatic hydroxyl groups excluding tert-OH is 1. The second-order valence-corrected chi connectivity index (χ2v) is 3.44. The standard InChI is InChI=1S/C11H14F2O/c1-7(6-14)9-4-3-5-10(13)11(9)8(2)12/h3-5,7-8,14H,6H2,1-2H3. The fourth-order valence-corrected chi connectivity index (χ4v) is 1.50. The van der Waals surface area contributed by atoms with E-state index in [0.29, 0.717) is 5.56 Å². The van der Waals surface area contributed by atoms with Crippen molar-refractivity contribution in [2.75, 3.05) is 6.61 Å². The summed E-state index contributed by atoms with van der Waals surface area (Å²) in [7, 11) is 0. The zero-order valence-electron chi connectivity index (χ0n) is 8.30. The molecule has 78 valence electrons. The van der Waals surface area contributed by atoms with E-state index in [-0.39, 0.29) is 18.1 Å². The molecule has 0 aliphatic heterocycles. The topological polar surface area (TPSA) is 20.2 Å². The van der Waals surface area contributed by atoms with Crippen molar-refractivity contribution in [2.45, 2.75) is 25.9 Å². The van der Waals surface area contributed by atoms with Gasteiger partial charge >= 0.3 is 0 Å². The Hall–Kier alpha value is -0.960. The van der Waals surface area contributed by atoms with E-state index in [4.69, 9.17) is 5.11 Å². The molecule has 1 aromatic carbocycles. The molecule has 0 fully saturated rings. The number of halogens is 2. The van der Waals surface area contributed by atoms with E-state index in [2.05, 4.69) is 0 Å². The number of alkyl halides is 1. The van der Waals surface area contributed by atoms with Crippen molar-refractivity contribution in [2.24, 2.45) is 0 Å². The molecule has 0 aliphatic carbocycles. The Kier molecular flexibility index (Phi) is 3.58. The van der Waals surface area contributed by atoms with Crippen LogP contribution in [0.2, 0.25) is 0 Å². The van der Waals surface area contributed by atoms with Gasteiger partial charge in [-0.1, -0.05) is 19.1 Å². The first kappa shape index (κ1) is 11.1. The quantitative estimate of drug-likeness (QED) is 0.795. The van der Waals surface area contributed by atoms with Crippen LogP contribution in [0.4, 0.5) is 8.78 Å². The zero-order chi connectivity index (χ0) is 10.7.